The number of aryl methyl sites for hydroxylation is 1. The van der Waals surface area contributed by atoms with Crippen LogP contribution in [-0.4, -0.2) is 28.1 Å². The minimum absolute atomic E-state index is 0.0615. The van der Waals surface area contributed by atoms with Crippen LogP contribution in [-0.2, 0) is 24.1 Å². The van der Waals surface area contributed by atoms with Crippen LogP contribution in [0.5, 0.6) is 0 Å². The number of carbonyl (C=O) groups is 2. The summed E-state index contributed by atoms with van der Waals surface area (Å²) < 4.78 is 7.47. The number of hydrogen-bond donors (Lipinski definition) is 1. The van der Waals surface area contributed by atoms with Crippen molar-refractivity contribution in [1.82, 2.24) is 9.47 Å². The fourth-order valence-electron chi connectivity index (χ4n) is 5.07. The SMILES string of the molecule is CCOC(=O)c1ccccc1NC(=O)N1Cc2c(sc3c2CCCC3)-n2cccc2[C@@H]1CC. The summed E-state index contributed by atoms with van der Waals surface area (Å²) in [5, 5.41) is 4.27. The highest BCUT2D eigenvalue weighted by molar-refractivity contribution is 7.15. The van der Waals surface area contributed by atoms with Crippen LogP contribution in [0.15, 0.2) is 42.6 Å². The van der Waals surface area contributed by atoms with Gasteiger partial charge in [-0.15, -0.1) is 11.3 Å². The Balaban J connectivity index is 1.53. The molecule has 6 nitrogen and oxygen atoms in total. The Morgan fingerprint density at radius 3 is 2.73 bits per heavy atom. The number of ether oxygens (including phenoxy) is 1. The Kier molecular flexibility index (Phi) is 5.98. The zero-order valence-electron chi connectivity index (χ0n) is 19.1. The van der Waals surface area contributed by atoms with E-state index in [0.717, 1.165) is 25.0 Å². The lowest BCUT2D eigenvalue weighted by Gasteiger charge is -2.30. The normalized spacial score (nSPS) is 16.9. The summed E-state index contributed by atoms with van der Waals surface area (Å²) in [6, 6.07) is 11.0. The number of esters is 1. The van der Waals surface area contributed by atoms with Gasteiger partial charge in [0.2, 0.25) is 0 Å². The third-order valence-electron chi connectivity index (χ3n) is 6.62. The second-order valence-electron chi connectivity index (χ2n) is 8.55. The molecule has 1 atom stereocenters. The van der Waals surface area contributed by atoms with Crippen molar-refractivity contribution in [3.8, 4) is 5.00 Å². The lowest BCUT2D eigenvalue weighted by atomic mass is 9.95. The van der Waals surface area contributed by atoms with Gasteiger partial charge in [-0.1, -0.05) is 19.1 Å². The topological polar surface area (TPSA) is 63.6 Å². The molecular formula is C26H29N3O3S. The molecule has 0 radical (unpaired) electrons. The predicted molar refractivity (Wildman–Crippen MR) is 130 cm³/mol. The fraction of sp³-hybridized carbons (Fsp3) is 0.385. The second kappa shape index (κ2) is 9.06. The third-order valence-corrected chi connectivity index (χ3v) is 7.95. The Hall–Kier alpha value is -3.06. The maximum absolute atomic E-state index is 13.7. The van der Waals surface area contributed by atoms with Crippen molar-refractivity contribution in [2.45, 2.75) is 58.5 Å². The number of thiophene rings is 1. The molecule has 3 aromatic rings. The van der Waals surface area contributed by atoms with Crippen LogP contribution in [0, 0.1) is 0 Å². The van der Waals surface area contributed by atoms with E-state index < -0.39 is 5.97 Å². The van der Waals surface area contributed by atoms with E-state index in [2.05, 4.69) is 35.1 Å². The van der Waals surface area contributed by atoms with E-state index in [1.165, 1.54) is 33.8 Å². The molecule has 172 valence electrons. The number of urea groups is 1. The van der Waals surface area contributed by atoms with Gasteiger partial charge in [0.1, 0.15) is 5.00 Å². The first-order chi connectivity index (χ1) is 16.1. The molecule has 5 rings (SSSR count). The first-order valence-corrected chi connectivity index (χ1v) is 12.6. The van der Waals surface area contributed by atoms with Gasteiger partial charge in [0.05, 0.1) is 30.4 Å². The van der Waals surface area contributed by atoms with Crippen molar-refractivity contribution < 1.29 is 14.3 Å². The number of carbonyl (C=O) groups excluding carboxylic acids is 2. The van der Waals surface area contributed by atoms with Crippen LogP contribution in [0.25, 0.3) is 5.00 Å². The Morgan fingerprint density at radius 1 is 1.09 bits per heavy atom. The van der Waals surface area contributed by atoms with Crippen molar-refractivity contribution >= 4 is 29.0 Å². The van der Waals surface area contributed by atoms with Gasteiger partial charge in [0, 0.05) is 22.3 Å². The van der Waals surface area contributed by atoms with Crippen molar-refractivity contribution in [1.29, 1.82) is 0 Å². The number of amides is 2. The van der Waals surface area contributed by atoms with Crippen LogP contribution in [0.3, 0.4) is 0 Å². The van der Waals surface area contributed by atoms with Crippen LogP contribution in [0.1, 0.15) is 71.2 Å². The maximum atomic E-state index is 13.7. The number of para-hydroxylation sites is 1. The molecule has 1 aliphatic heterocycles. The monoisotopic (exact) mass is 463 g/mol. The highest BCUT2D eigenvalue weighted by Gasteiger charge is 2.34. The largest absolute Gasteiger partial charge is 0.462 e. The molecule has 0 saturated heterocycles. The summed E-state index contributed by atoms with van der Waals surface area (Å²) in [7, 11) is 0. The van der Waals surface area contributed by atoms with Crippen molar-refractivity contribution in [2.75, 3.05) is 11.9 Å². The number of aromatic nitrogens is 1. The van der Waals surface area contributed by atoms with Crippen molar-refractivity contribution in [3.63, 3.8) is 0 Å². The molecule has 0 fully saturated rings. The highest BCUT2D eigenvalue weighted by Crippen LogP contribution is 2.43. The van der Waals surface area contributed by atoms with Crippen LogP contribution < -0.4 is 5.32 Å². The molecule has 0 saturated carbocycles. The quantitative estimate of drug-likeness (QED) is 0.476. The Morgan fingerprint density at radius 2 is 1.91 bits per heavy atom. The number of nitrogens with one attached hydrogen (secondary N) is 1. The van der Waals surface area contributed by atoms with Gasteiger partial charge in [-0.3, -0.25) is 0 Å². The molecule has 2 aromatic heterocycles. The number of nitrogens with zero attached hydrogens (tertiary/aromatic N) is 2. The van der Waals surface area contributed by atoms with Gasteiger partial charge in [-0.05, 0) is 68.9 Å². The Bertz CT molecular complexity index is 1200. The Labute approximate surface area is 198 Å². The summed E-state index contributed by atoms with van der Waals surface area (Å²) in [6.45, 7) is 4.74. The molecule has 0 bridgehead atoms. The van der Waals surface area contributed by atoms with Crippen LogP contribution in [0.4, 0.5) is 10.5 Å². The molecule has 0 unspecified atom stereocenters. The van der Waals surface area contributed by atoms with Gasteiger partial charge < -0.3 is 19.5 Å². The van der Waals surface area contributed by atoms with E-state index in [4.69, 9.17) is 4.74 Å². The molecular weight excluding hydrogens is 434 g/mol. The summed E-state index contributed by atoms with van der Waals surface area (Å²) >= 11 is 1.88. The lowest BCUT2D eigenvalue weighted by molar-refractivity contribution is 0.0527. The summed E-state index contributed by atoms with van der Waals surface area (Å²) in [4.78, 5) is 29.5. The smallest absolute Gasteiger partial charge is 0.340 e. The van der Waals surface area contributed by atoms with Crippen LogP contribution in [0.2, 0.25) is 0 Å². The number of benzene rings is 1. The van der Waals surface area contributed by atoms with E-state index in [1.54, 1.807) is 25.1 Å². The molecule has 1 aliphatic carbocycles. The van der Waals surface area contributed by atoms with Crippen molar-refractivity contribution in [3.05, 3.63) is 69.9 Å². The van der Waals surface area contributed by atoms with Gasteiger partial charge >= 0.3 is 12.0 Å². The van der Waals surface area contributed by atoms with E-state index in [9.17, 15) is 9.59 Å². The molecule has 33 heavy (non-hydrogen) atoms. The number of anilines is 1. The molecule has 2 amide bonds. The average Bonchev–Trinajstić information content (AvgIpc) is 3.41. The van der Waals surface area contributed by atoms with Crippen LogP contribution >= 0.6 is 11.3 Å². The molecule has 0 spiro atoms. The fourth-order valence-corrected chi connectivity index (χ4v) is 6.48. The molecule has 7 heteroatoms. The first-order valence-electron chi connectivity index (χ1n) is 11.8. The number of rotatable bonds is 4. The maximum Gasteiger partial charge on any atom is 0.340 e. The zero-order valence-corrected chi connectivity index (χ0v) is 19.9. The van der Waals surface area contributed by atoms with E-state index in [1.807, 2.05) is 22.3 Å². The molecule has 1 N–H and O–H groups in total. The average molecular weight is 464 g/mol. The predicted octanol–water partition coefficient (Wildman–Crippen LogP) is 6.09. The summed E-state index contributed by atoms with van der Waals surface area (Å²) in [6.07, 6.45) is 7.56. The zero-order chi connectivity index (χ0) is 22.9. The van der Waals surface area contributed by atoms with Gasteiger partial charge in [-0.2, -0.15) is 0 Å². The standard InChI is InChI=1S/C26H29N3O3S/c1-3-21-22-13-9-15-28(22)24-19(17-10-6-8-14-23(17)33-24)16-29(21)26(31)27-20-12-7-5-11-18(20)25(30)32-4-2/h5,7,9,11-13,15,21H,3-4,6,8,10,14,16H2,1-2H3,(H,27,31)/t21-/m0/s1. The second-order valence-corrected chi connectivity index (χ2v) is 9.63. The number of hydrogen-bond acceptors (Lipinski definition) is 4. The van der Waals surface area contributed by atoms with E-state index in [-0.39, 0.29) is 18.7 Å². The molecule has 3 heterocycles. The van der Waals surface area contributed by atoms with Gasteiger partial charge in [0.15, 0.2) is 0 Å². The third kappa shape index (κ3) is 3.84. The minimum Gasteiger partial charge on any atom is -0.462 e. The molecule has 1 aromatic carbocycles. The van der Waals surface area contributed by atoms with E-state index >= 15 is 0 Å². The van der Waals surface area contributed by atoms with Gasteiger partial charge in [0.25, 0.3) is 0 Å². The van der Waals surface area contributed by atoms with Crippen molar-refractivity contribution in [2.24, 2.45) is 0 Å². The minimum atomic E-state index is -0.431. The molecule has 2 aliphatic rings. The van der Waals surface area contributed by atoms with E-state index in [0.29, 0.717) is 17.8 Å². The summed E-state index contributed by atoms with van der Waals surface area (Å²) in [5.74, 6) is -0.431. The lowest BCUT2D eigenvalue weighted by Crippen LogP contribution is -2.37. The van der Waals surface area contributed by atoms with Gasteiger partial charge in [-0.25, -0.2) is 9.59 Å². The first kappa shape index (κ1) is 21.8. The summed E-state index contributed by atoms with van der Waals surface area (Å²) in [5.41, 5.74) is 4.68. The number of fused-ring (bicyclic) bond motifs is 5. The highest BCUT2D eigenvalue weighted by atomic mass is 32.1.